The van der Waals surface area contributed by atoms with Gasteiger partial charge in [-0.05, 0) is 18.8 Å². The van der Waals surface area contributed by atoms with E-state index in [9.17, 15) is 0 Å². The van der Waals surface area contributed by atoms with Crippen LogP contribution in [0.3, 0.4) is 0 Å². The number of ether oxygens (including phenoxy) is 2. The highest BCUT2D eigenvalue weighted by atomic mass is 35.5. The molecule has 1 N–H and O–H groups in total. The van der Waals surface area contributed by atoms with Crippen molar-refractivity contribution >= 4 is 17.3 Å². The van der Waals surface area contributed by atoms with Gasteiger partial charge in [-0.25, -0.2) is 0 Å². The van der Waals surface area contributed by atoms with Crippen molar-refractivity contribution in [3.05, 3.63) is 17.2 Å². The van der Waals surface area contributed by atoms with Crippen LogP contribution in [0.25, 0.3) is 0 Å². The third-order valence-electron chi connectivity index (χ3n) is 3.93. The Hall–Kier alpha value is -1.09. The predicted octanol–water partition coefficient (Wildman–Crippen LogP) is 4.35. The largest absolute Gasteiger partial charge is 0.495 e. The molecule has 0 spiro atoms. The average molecular weight is 284 g/mol. The van der Waals surface area contributed by atoms with E-state index in [0.29, 0.717) is 22.7 Å². The minimum atomic E-state index is 0.494. The first kappa shape index (κ1) is 14.3. The zero-order valence-electron chi connectivity index (χ0n) is 11.8. The quantitative estimate of drug-likeness (QED) is 0.891. The van der Waals surface area contributed by atoms with Gasteiger partial charge in [-0.3, -0.25) is 0 Å². The Balaban J connectivity index is 2.22. The molecule has 2 atom stereocenters. The summed E-state index contributed by atoms with van der Waals surface area (Å²) < 4.78 is 10.7. The molecule has 1 aromatic carbocycles. The maximum Gasteiger partial charge on any atom is 0.143 e. The van der Waals surface area contributed by atoms with E-state index in [1.165, 1.54) is 25.7 Å². The lowest BCUT2D eigenvalue weighted by molar-refractivity contribution is 0.347. The molecule has 106 valence electrons. The van der Waals surface area contributed by atoms with Gasteiger partial charge < -0.3 is 14.8 Å². The summed E-state index contributed by atoms with van der Waals surface area (Å²) in [5.74, 6) is 2.12. The summed E-state index contributed by atoms with van der Waals surface area (Å²) in [6, 6.07) is 4.21. The van der Waals surface area contributed by atoms with Crippen molar-refractivity contribution in [1.29, 1.82) is 0 Å². The van der Waals surface area contributed by atoms with Crippen LogP contribution in [0.5, 0.6) is 11.5 Å². The Morgan fingerprint density at radius 3 is 2.42 bits per heavy atom. The van der Waals surface area contributed by atoms with Gasteiger partial charge >= 0.3 is 0 Å². The topological polar surface area (TPSA) is 30.5 Å². The normalized spacial score (nSPS) is 22.9. The molecule has 3 nitrogen and oxygen atoms in total. The molecular weight excluding hydrogens is 262 g/mol. The van der Waals surface area contributed by atoms with Crippen LogP contribution in [0.1, 0.15) is 32.6 Å². The van der Waals surface area contributed by atoms with Crippen LogP contribution < -0.4 is 14.8 Å². The van der Waals surface area contributed by atoms with E-state index in [0.717, 1.165) is 11.4 Å². The summed E-state index contributed by atoms with van der Waals surface area (Å²) in [5, 5.41) is 4.16. The van der Waals surface area contributed by atoms with Crippen LogP contribution in [-0.2, 0) is 0 Å². The first-order chi connectivity index (χ1) is 9.15. The monoisotopic (exact) mass is 283 g/mol. The van der Waals surface area contributed by atoms with Crippen molar-refractivity contribution in [2.24, 2.45) is 5.92 Å². The van der Waals surface area contributed by atoms with Crippen molar-refractivity contribution in [2.75, 3.05) is 19.5 Å². The fraction of sp³-hybridized carbons (Fsp3) is 0.600. The van der Waals surface area contributed by atoms with E-state index in [4.69, 9.17) is 21.1 Å². The van der Waals surface area contributed by atoms with E-state index in [-0.39, 0.29) is 0 Å². The summed E-state index contributed by atoms with van der Waals surface area (Å²) in [5.41, 5.74) is 0.961. The van der Waals surface area contributed by atoms with Gasteiger partial charge in [-0.2, -0.15) is 0 Å². The van der Waals surface area contributed by atoms with Crippen LogP contribution >= 0.6 is 11.6 Å². The zero-order chi connectivity index (χ0) is 13.8. The maximum atomic E-state index is 6.12. The molecule has 1 aliphatic carbocycles. The lowest BCUT2D eigenvalue weighted by Gasteiger charge is -2.31. The van der Waals surface area contributed by atoms with Crippen LogP contribution in [-0.4, -0.2) is 20.3 Å². The van der Waals surface area contributed by atoms with Crippen LogP contribution in [0.4, 0.5) is 5.69 Å². The van der Waals surface area contributed by atoms with E-state index in [2.05, 4.69) is 12.2 Å². The smallest absolute Gasteiger partial charge is 0.143 e. The fourth-order valence-electron chi connectivity index (χ4n) is 2.70. The number of anilines is 1. The van der Waals surface area contributed by atoms with Gasteiger partial charge in [0.25, 0.3) is 0 Å². The number of hydrogen-bond acceptors (Lipinski definition) is 3. The molecule has 0 aliphatic heterocycles. The molecule has 4 heteroatoms. The molecule has 0 radical (unpaired) electrons. The second-order valence-electron chi connectivity index (χ2n) is 5.20. The predicted molar refractivity (Wildman–Crippen MR) is 79.6 cm³/mol. The van der Waals surface area contributed by atoms with E-state index in [1.54, 1.807) is 20.3 Å². The molecule has 1 fully saturated rings. The Bertz CT molecular complexity index is 436. The Labute approximate surface area is 120 Å². The van der Waals surface area contributed by atoms with Crippen LogP contribution in [0, 0.1) is 5.92 Å². The van der Waals surface area contributed by atoms with Crippen molar-refractivity contribution in [2.45, 2.75) is 38.6 Å². The molecule has 0 saturated heterocycles. The van der Waals surface area contributed by atoms with Crippen molar-refractivity contribution in [3.8, 4) is 11.5 Å². The molecular formula is C15H22ClNO2. The standard InChI is InChI=1S/C15H22ClNO2/c1-10-6-4-5-7-12(10)17-13-9-14(18-2)11(16)8-15(13)19-3/h8-10,12,17H,4-7H2,1-3H3. The van der Waals surface area contributed by atoms with Gasteiger partial charge in [0, 0.05) is 18.2 Å². The second kappa shape index (κ2) is 6.38. The summed E-state index contributed by atoms with van der Waals surface area (Å²) >= 11 is 6.12. The SMILES string of the molecule is COc1cc(NC2CCCCC2C)c(OC)cc1Cl. The van der Waals surface area contributed by atoms with E-state index in [1.807, 2.05) is 6.07 Å². The third kappa shape index (κ3) is 3.27. The summed E-state index contributed by atoms with van der Waals surface area (Å²) in [7, 11) is 3.29. The minimum absolute atomic E-state index is 0.494. The first-order valence-electron chi connectivity index (χ1n) is 6.83. The van der Waals surface area contributed by atoms with Gasteiger partial charge in [0.2, 0.25) is 0 Å². The first-order valence-corrected chi connectivity index (χ1v) is 7.21. The Morgan fingerprint density at radius 2 is 1.79 bits per heavy atom. The number of halogens is 1. The van der Waals surface area contributed by atoms with Crippen LogP contribution in [0.2, 0.25) is 5.02 Å². The number of methoxy groups -OCH3 is 2. The van der Waals surface area contributed by atoms with Gasteiger partial charge in [0.05, 0.1) is 24.9 Å². The molecule has 1 saturated carbocycles. The lowest BCUT2D eigenvalue weighted by atomic mass is 9.86. The second-order valence-corrected chi connectivity index (χ2v) is 5.61. The molecule has 2 rings (SSSR count). The molecule has 19 heavy (non-hydrogen) atoms. The molecule has 0 aromatic heterocycles. The van der Waals surface area contributed by atoms with E-state index < -0.39 is 0 Å². The van der Waals surface area contributed by atoms with Gasteiger partial charge in [0.15, 0.2) is 0 Å². The van der Waals surface area contributed by atoms with Crippen LogP contribution in [0.15, 0.2) is 12.1 Å². The van der Waals surface area contributed by atoms with E-state index >= 15 is 0 Å². The van der Waals surface area contributed by atoms with Gasteiger partial charge in [0.1, 0.15) is 11.5 Å². The minimum Gasteiger partial charge on any atom is -0.495 e. The Morgan fingerprint density at radius 1 is 1.11 bits per heavy atom. The number of nitrogens with one attached hydrogen (secondary N) is 1. The summed E-state index contributed by atoms with van der Waals surface area (Å²) in [4.78, 5) is 0. The zero-order valence-corrected chi connectivity index (χ0v) is 12.6. The van der Waals surface area contributed by atoms with Crippen molar-refractivity contribution in [1.82, 2.24) is 0 Å². The van der Waals surface area contributed by atoms with Gasteiger partial charge in [-0.15, -0.1) is 0 Å². The summed E-state index contributed by atoms with van der Waals surface area (Å²) in [6.07, 6.45) is 5.11. The molecule has 2 unspecified atom stereocenters. The van der Waals surface area contributed by atoms with Crippen molar-refractivity contribution < 1.29 is 9.47 Å². The van der Waals surface area contributed by atoms with Gasteiger partial charge in [-0.1, -0.05) is 31.4 Å². The highest BCUT2D eigenvalue weighted by molar-refractivity contribution is 6.32. The number of hydrogen-bond donors (Lipinski definition) is 1. The highest BCUT2D eigenvalue weighted by Crippen LogP contribution is 2.37. The number of rotatable bonds is 4. The molecule has 1 aromatic rings. The maximum absolute atomic E-state index is 6.12. The molecule has 0 amide bonds. The van der Waals surface area contributed by atoms with Crippen molar-refractivity contribution in [3.63, 3.8) is 0 Å². The lowest BCUT2D eigenvalue weighted by Crippen LogP contribution is -2.30. The highest BCUT2D eigenvalue weighted by Gasteiger charge is 2.22. The fourth-order valence-corrected chi connectivity index (χ4v) is 2.93. The Kier molecular flexibility index (Phi) is 4.81. The average Bonchev–Trinajstić information content (AvgIpc) is 2.42. The summed E-state index contributed by atoms with van der Waals surface area (Å²) in [6.45, 7) is 2.30. The molecule has 1 aliphatic rings. The molecule has 0 bridgehead atoms. The number of benzene rings is 1. The third-order valence-corrected chi connectivity index (χ3v) is 4.22. The molecule has 0 heterocycles.